The summed E-state index contributed by atoms with van der Waals surface area (Å²) in [5.41, 5.74) is 1.50. The van der Waals surface area contributed by atoms with Gasteiger partial charge in [-0.15, -0.1) is 0 Å². The fourth-order valence-electron chi connectivity index (χ4n) is 2.72. The summed E-state index contributed by atoms with van der Waals surface area (Å²) >= 11 is 11.9. The average molecular weight is 366 g/mol. The molecular formula is C18H17Cl2NO3. The molecule has 0 spiro atoms. The molecule has 2 aromatic carbocycles. The van der Waals surface area contributed by atoms with Gasteiger partial charge >= 0.3 is 0 Å². The van der Waals surface area contributed by atoms with Gasteiger partial charge in [0, 0.05) is 16.6 Å². The zero-order valence-corrected chi connectivity index (χ0v) is 14.7. The fraction of sp³-hybridized carbons (Fsp3) is 0.278. The summed E-state index contributed by atoms with van der Waals surface area (Å²) < 4.78 is 11.1. The standard InChI is InChI=1S/C18H17Cl2NO3/c1-23-16-10-14(20)6-7-15(16)18(22)21-8-9-24-17(11-21)12-2-4-13(19)5-3-12/h2-7,10,17H,8-9,11H2,1H3/t17-/m0/s1. The normalized spacial score (nSPS) is 17.6. The van der Waals surface area contributed by atoms with Gasteiger partial charge in [-0.25, -0.2) is 0 Å². The minimum atomic E-state index is -0.168. The number of benzene rings is 2. The first kappa shape index (κ1) is 17.1. The Bertz CT molecular complexity index is 734. The van der Waals surface area contributed by atoms with Crippen molar-refractivity contribution in [2.45, 2.75) is 6.10 Å². The molecule has 0 radical (unpaired) electrons. The zero-order valence-electron chi connectivity index (χ0n) is 13.2. The first-order valence-electron chi connectivity index (χ1n) is 7.58. The summed E-state index contributed by atoms with van der Waals surface area (Å²) in [6.07, 6.45) is -0.168. The minimum Gasteiger partial charge on any atom is -0.496 e. The van der Waals surface area contributed by atoms with Crippen LogP contribution in [0.3, 0.4) is 0 Å². The number of carbonyl (C=O) groups excluding carboxylic acids is 1. The number of methoxy groups -OCH3 is 1. The number of rotatable bonds is 3. The molecule has 0 saturated carbocycles. The highest BCUT2D eigenvalue weighted by molar-refractivity contribution is 6.31. The number of nitrogens with zero attached hydrogens (tertiary/aromatic N) is 1. The second-order valence-corrected chi connectivity index (χ2v) is 6.38. The maximum atomic E-state index is 12.8. The van der Waals surface area contributed by atoms with E-state index in [1.165, 1.54) is 7.11 Å². The molecule has 1 heterocycles. The van der Waals surface area contributed by atoms with Crippen molar-refractivity contribution in [1.82, 2.24) is 4.90 Å². The molecule has 1 fully saturated rings. The van der Waals surface area contributed by atoms with E-state index in [0.717, 1.165) is 5.56 Å². The van der Waals surface area contributed by atoms with Gasteiger partial charge < -0.3 is 14.4 Å². The Hall–Kier alpha value is -1.75. The predicted octanol–water partition coefficient (Wildman–Crippen LogP) is 4.22. The van der Waals surface area contributed by atoms with Crippen LogP contribution in [0.25, 0.3) is 0 Å². The zero-order chi connectivity index (χ0) is 17.1. The molecule has 0 unspecified atom stereocenters. The lowest BCUT2D eigenvalue weighted by Gasteiger charge is -2.33. The first-order chi connectivity index (χ1) is 11.6. The highest BCUT2D eigenvalue weighted by Crippen LogP contribution is 2.28. The number of carbonyl (C=O) groups is 1. The Morgan fingerprint density at radius 2 is 1.88 bits per heavy atom. The lowest BCUT2D eigenvalue weighted by molar-refractivity contribution is -0.0229. The van der Waals surface area contributed by atoms with Gasteiger partial charge in [-0.1, -0.05) is 35.3 Å². The Morgan fingerprint density at radius 1 is 1.17 bits per heavy atom. The topological polar surface area (TPSA) is 38.8 Å². The molecule has 4 nitrogen and oxygen atoms in total. The lowest BCUT2D eigenvalue weighted by atomic mass is 10.1. The molecule has 1 atom stereocenters. The van der Waals surface area contributed by atoms with Crippen molar-refractivity contribution >= 4 is 29.1 Å². The van der Waals surface area contributed by atoms with E-state index in [1.54, 1.807) is 23.1 Å². The molecule has 3 rings (SSSR count). The predicted molar refractivity (Wildman–Crippen MR) is 94.1 cm³/mol. The van der Waals surface area contributed by atoms with Crippen molar-refractivity contribution in [2.75, 3.05) is 26.8 Å². The SMILES string of the molecule is COc1cc(Cl)ccc1C(=O)N1CCO[C@H](c2ccc(Cl)cc2)C1. The molecule has 0 bridgehead atoms. The van der Waals surface area contributed by atoms with Crippen molar-refractivity contribution in [2.24, 2.45) is 0 Å². The van der Waals surface area contributed by atoms with Crippen LogP contribution < -0.4 is 4.74 Å². The van der Waals surface area contributed by atoms with Gasteiger partial charge in [-0.2, -0.15) is 0 Å². The highest BCUT2D eigenvalue weighted by atomic mass is 35.5. The number of morpholine rings is 1. The van der Waals surface area contributed by atoms with E-state index in [-0.39, 0.29) is 12.0 Å². The first-order valence-corrected chi connectivity index (χ1v) is 8.34. The molecule has 1 amide bonds. The van der Waals surface area contributed by atoms with Crippen LogP contribution in [0.5, 0.6) is 5.75 Å². The molecule has 0 aliphatic carbocycles. The Labute approximate surface area is 150 Å². The van der Waals surface area contributed by atoms with Crippen LogP contribution in [0.4, 0.5) is 0 Å². The van der Waals surface area contributed by atoms with E-state index in [2.05, 4.69) is 0 Å². The molecule has 6 heteroatoms. The van der Waals surface area contributed by atoms with E-state index < -0.39 is 0 Å². The molecular weight excluding hydrogens is 349 g/mol. The summed E-state index contributed by atoms with van der Waals surface area (Å²) in [6.45, 7) is 1.50. The van der Waals surface area contributed by atoms with Crippen LogP contribution in [-0.4, -0.2) is 37.6 Å². The third-order valence-corrected chi connectivity index (χ3v) is 4.48. The van der Waals surface area contributed by atoms with Gasteiger partial charge in [0.05, 0.1) is 25.8 Å². The van der Waals surface area contributed by atoms with E-state index in [1.807, 2.05) is 24.3 Å². The number of hydrogen-bond donors (Lipinski definition) is 0. The number of ether oxygens (including phenoxy) is 2. The fourth-order valence-corrected chi connectivity index (χ4v) is 3.01. The third-order valence-electron chi connectivity index (χ3n) is 3.99. The summed E-state index contributed by atoms with van der Waals surface area (Å²) in [5, 5.41) is 1.21. The van der Waals surface area contributed by atoms with Gasteiger partial charge in [0.2, 0.25) is 0 Å². The maximum Gasteiger partial charge on any atom is 0.257 e. The van der Waals surface area contributed by atoms with Gasteiger partial charge in [0.15, 0.2) is 0 Å². The van der Waals surface area contributed by atoms with Crippen molar-refractivity contribution in [1.29, 1.82) is 0 Å². The van der Waals surface area contributed by atoms with Crippen LogP contribution in [0.1, 0.15) is 22.0 Å². The molecule has 126 valence electrons. The molecule has 1 aliphatic rings. The molecule has 24 heavy (non-hydrogen) atoms. The number of amides is 1. The summed E-state index contributed by atoms with van der Waals surface area (Å²) in [6, 6.07) is 12.5. The quantitative estimate of drug-likeness (QED) is 0.817. The molecule has 1 aliphatic heterocycles. The smallest absolute Gasteiger partial charge is 0.257 e. The molecule has 0 aromatic heterocycles. The van der Waals surface area contributed by atoms with E-state index >= 15 is 0 Å². The molecule has 1 saturated heterocycles. The summed E-state index contributed by atoms with van der Waals surface area (Å²) in [5.74, 6) is 0.382. The Morgan fingerprint density at radius 3 is 2.58 bits per heavy atom. The second-order valence-electron chi connectivity index (χ2n) is 5.51. The lowest BCUT2D eigenvalue weighted by Crippen LogP contribution is -2.42. The highest BCUT2D eigenvalue weighted by Gasteiger charge is 2.27. The summed E-state index contributed by atoms with van der Waals surface area (Å²) in [4.78, 5) is 14.6. The number of hydrogen-bond acceptors (Lipinski definition) is 3. The van der Waals surface area contributed by atoms with Gasteiger partial charge in [0.25, 0.3) is 5.91 Å². The second kappa shape index (κ2) is 7.43. The molecule has 0 N–H and O–H groups in total. The minimum absolute atomic E-state index is 0.0919. The van der Waals surface area contributed by atoms with Gasteiger partial charge in [-0.3, -0.25) is 4.79 Å². The van der Waals surface area contributed by atoms with E-state index in [4.69, 9.17) is 32.7 Å². The largest absolute Gasteiger partial charge is 0.496 e. The third kappa shape index (κ3) is 3.66. The monoisotopic (exact) mass is 365 g/mol. The van der Waals surface area contributed by atoms with Crippen LogP contribution in [-0.2, 0) is 4.74 Å². The van der Waals surface area contributed by atoms with Crippen LogP contribution in [0, 0.1) is 0 Å². The van der Waals surface area contributed by atoms with Gasteiger partial charge in [-0.05, 0) is 35.9 Å². The van der Waals surface area contributed by atoms with Crippen molar-refractivity contribution < 1.29 is 14.3 Å². The van der Waals surface area contributed by atoms with Crippen LogP contribution in [0.15, 0.2) is 42.5 Å². The Balaban J connectivity index is 1.79. The summed E-state index contributed by atoms with van der Waals surface area (Å²) in [7, 11) is 1.53. The average Bonchev–Trinajstić information content (AvgIpc) is 2.61. The Kier molecular flexibility index (Phi) is 5.29. The van der Waals surface area contributed by atoms with E-state index in [0.29, 0.717) is 41.1 Å². The van der Waals surface area contributed by atoms with E-state index in [9.17, 15) is 4.79 Å². The number of halogens is 2. The van der Waals surface area contributed by atoms with Crippen molar-refractivity contribution in [3.63, 3.8) is 0 Å². The maximum absolute atomic E-state index is 12.8. The van der Waals surface area contributed by atoms with Crippen LogP contribution in [0.2, 0.25) is 10.0 Å². The van der Waals surface area contributed by atoms with Crippen LogP contribution >= 0.6 is 23.2 Å². The van der Waals surface area contributed by atoms with Crippen molar-refractivity contribution in [3.05, 3.63) is 63.6 Å². The van der Waals surface area contributed by atoms with Gasteiger partial charge in [0.1, 0.15) is 11.9 Å². The van der Waals surface area contributed by atoms with Crippen molar-refractivity contribution in [3.8, 4) is 5.75 Å². The molecule has 2 aromatic rings.